The molecule has 4 nitrogen and oxygen atoms in total. The summed E-state index contributed by atoms with van der Waals surface area (Å²) < 4.78 is 9.38. The largest absolute Gasteiger partial charge is 0.459 e. The molecule has 0 aliphatic carbocycles. The molecule has 0 amide bonds. The van der Waals surface area contributed by atoms with Gasteiger partial charge in [0.1, 0.15) is 13.2 Å². The number of hydrogen-bond donors (Lipinski definition) is 0. The number of rotatable bonds is 5. The summed E-state index contributed by atoms with van der Waals surface area (Å²) in [6.07, 6.45) is 0. The molecule has 106 valence electrons. The van der Waals surface area contributed by atoms with Gasteiger partial charge >= 0.3 is 11.9 Å². The molecular formula is C14H26O4. The van der Waals surface area contributed by atoms with Gasteiger partial charge in [-0.2, -0.15) is 0 Å². The smallest absolute Gasteiger partial charge is 0.333 e. The van der Waals surface area contributed by atoms with Crippen LogP contribution < -0.4 is 0 Å². The van der Waals surface area contributed by atoms with Gasteiger partial charge < -0.3 is 9.47 Å². The summed E-state index contributed by atoms with van der Waals surface area (Å²) in [4.78, 5) is 21.7. The third-order valence-corrected chi connectivity index (χ3v) is 1.25. The molecule has 0 aliphatic heterocycles. The van der Waals surface area contributed by atoms with Crippen LogP contribution in [0.25, 0.3) is 0 Å². The number of carbonyl (C=O) groups excluding carboxylic acids is 2. The summed E-state index contributed by atoms with van der Waals surface area (Å²) in [5, 5.41) is 0. The van der Waals surface area contributed by atoms with Crippen LogP contribution in [0.1, 0.15) is 41.5 Å². The zero-order valence-electron chi connectivity index (χ0n) is 12.5. The summed E-state index contributed by atoms with van der Waals surface area (Å²) in [5.41, 5.74) is 0.632. The van der Waals surface area contributed by atoms with E-state index < -0.39 is 11.9 Å². The van der Waals surface area contributed by atoms with Crippen LogP contribution in [-0.2, 0) is 19.1 Å². The van der Waals surface area contributed by atoms with E-state index >= 15 is 0 Å². The second-order valence-corrected chi connectivity index (χ2v) is 2.83. The van der Waals surface area contributed by atoms with Gasteiger partial charge in [-0.1, -0.05) is 40.9 Å². The minimum absolute atomic E-state index is 0.0325. The van der Waals surface area contributed by atoms with E-state index in [9.17, 15) is 9.59 Å². The van der Waals surface area contributed by atoms with E-state index in [4.69, 9.17) is 0 Å². The first-order valence-corrected chi connectivity index (χ1v) is 6.10. The lowest BCUT2D eigenvalue weighted by molar-refractivity contribution is -0.147. The molecule has 4 heteroatoms. The van der Waals surface area contributed by atoms with Gasteiger partial charge in [-0.25, -0.2) is 9.59 Å². The van der Waals surface area contributed by atoms with Crippen molar-refractivity contribution in [3.8, 4) is 0 Å². The van der Waals surface area contributed by atoms with Crippen molar-refractivity contribution < 1.29 is 19.1 Å². The van der Waals surface area contributed by atoms with Gasteiger partial charge in [-0.05, 0) is 13.8 Å². The minimum atomic E-state index is -0.489. The lowest BCUT2D eigenvalue weighted by Crippen LogP contribution is -2.14. The Balaban J connectivity index is -0.000000506. The molecule has 0 atom stereocenters. The van der Waals surface area contributed by atoms with Crippen LogP contribution in [0.5, 0.6) is 0 Å². The Morgan fingerprint density at radius 1 is 0.778 bits per heavy atom. The predicted octanol–water partition coefficient (Wildman–Crippen LogP) is 3.28. The normalized spacial score (nSPS) is 7.67. The van der Waals surface area contributed by atoms with Gasteiger partial charge in [0.05, 0.1) is 0 Å². The molecule has 0 saturated heterocycles. The molecule has 0 aromatic carbocycles. The summed E-state index contributed by atoms with van der Waals surface area (Å²) in [6.45, 7) is 18.0. The summed E-state index contributed by atoms with van der Waals surface area (Å²) in [6, 6.07) is 0. The second kappa shape index (κ2) is 15.4. The average Bonchev–Trinajstić information content (AvgIpc) is 2.38. The standard InChI is InChI=1S/C10H14O4.2C2H6/c1-7(2)9(11)13-5-6-14-10(12)8(3)4;2*1-2/h1,3,5-6H2,2,4H3;2*1-2H3. The van der Waals surface area contributed by atoms with Gasteiger partial charge in [0, 0.05) is 11.1 Å². The highest BCUT2D eigenvalue weighted by molar-refractivity contribution is 5.87. The van der Waals surface area contributed by atoms with E-state index in [1.54, 1.807) is 13.8 Å². The maximum atomic E-state index is 10.8. The first-order valence-electron chi connectivity index (χ1n) is 6.10. The summed E-state index contributed by atoms with van der Waals surface area (Å²) in [5.74, 6) is -0.979. The van der Waals surface area contributed by atoms with Crippen molar-refractivity contribution in [2.75, 3.05) is 13.2 Å². The van der Waals surface area contributed by atoms with Crippen LogP contribution in [-0.4, -0.2) is 25.2 Å². The van der Waals surface area contributed by atoms with E-state index in [0.717, 1.165) is 0 Å². The maximum Gasteiger partial charge on any atom is 0.333 e. The zero-order chi connectivity index (χ0) is 15.1. The monoisotopic (exact) mass is 258 g/mol. The molecule has 18 heavy (non-hydrogen) atoms. The number of hydrogen-bond acceptors (Lipinski definition) is 4. The molecule has 0 rings (SSSR count). The van der Waals surface area contributed by atoms with Crippen molar-refractivity contribution in [1.29, 1.82) is 0 Å². The van der Waals surface area contributed by atoms with Crippen molar-refractivity contribution in [2.45, 2.75) is 41.5 Å². The van der Waals surface area contributed by atoms with E-state index in [1.165, 1.54) is 0 Å². The highest BCUT2D eigenvalue weighted by Crippen LogP contribution is 1.94. The van der Waals surface area contributed by atoms with Crippen LogP contribution in [0.15, 0.2) is 24.3 Å². The second-order valence-electron chi connectivity index (χ2n) is 2.83. The van der Waals surface area contributed by atoms with Crippen molar-refractivity contribution in [2.24, 2.45) is 0 Å². The lowest BCUT2D eigenvalue weighted by atomic mass is 10.4. The minimum Gasteiger partial charge on any atom is -0.459 e. The average molecular weight is 258 g/mol. The van der Waals surface area contributed by atoms with Crippen LogP contribution >= 0.6 is 0 Å². The Bertz CT molecular complexity index is 239. The topological polar surface area (TPSA) is 52.6 Å². The van der Waals surface area contributed by atoms with Gasteiger partial charge in [-0.15, -0.1) is 0 Å². The molecular weight excluding hydrogens is 232 g/mol. The third kappa shape index (κ3) is 14.4. The fraction of sp³-hybridized carbons (Fsp3) is 0.571. The molecule has 0 N–H and O–H groups in total. The Kier molecular flexibility index (Phi) is 18.6. The SMILES string of the molecule is C=C(C)C(=O)OCCOC(=O)C(=C)C.CC.CC. The van der Waals surface area contributed by atoms with E-state index in [2.05, 4.69) is 22.6 Å². The van der Waals surface area contributed by atoms with Gasteiger partial charge in [0.15, 0.2) is 0 Å². The lowest BCUT2D eigenvalue weighted by Gasteiger charge is -2.05. The Labute approximate surface area is 111 Å². The number of carbonyl (C=O) groups is 2. The predicted molar refractivity (Wildman–Crippen MR) is 74.2 cm³/mol. The van der Waals surface area contributed by atoms with Crippen molar-refractivity contribution in [1.82, 2.24) is 0 Å². The summed E-state index contributed by atoms with van der Waals surface area (Å²) in [7, 11) is 0. The molecule has 0 saturated carbocycles. The number of ether oxygens (including phenoxy) is 2. The Hall–Kier alpha value is -1.58. The van der Waals surface area contributed by atoms with Gasteiger partial charge in [0.25, 0.3) is 0 Å². The first-order chi connectivity index (χ1) is 8.45. The van der Waals surface area contributed by atoms with Gasteiger partial charge in [-0.3, -0.25) is 0 Å². The summed E-state index contributed by atoms with van der Waals surface area (Å²) >= 11 is 0. The molecule has 0 aliphatic rings. The van der Waals surface area contributed by atoms with Crippen molar-refractivity contribution in [3.63, 3.8) is 0 Å². The quantitative estimate of drug-likeness (QED) is 0.431. The fourth-order valence-corrected chi connectivity index (χ4v) is 0.515. The fourth-order valence-electron chi connectivity index (χ4n) is 0.515. The van der Waals surface area contributed by atoms with E-state index in [1.807, 2.05) is 27.7 Å². The molecule has 0 radical (unpaired) electrons. The maximum absolute atomic E-state index is 10.8. The molecule has 0 bridgehead atoms. The van der Waals surface area contributed by atoms with E-state index in [-0.39, 0.29) is 13.2 Å². The molecule has 0 heterocycles. The van der Waals surface area contributed by atoms with Crippen LogP contribution in [0.4, 0.5) is 0 Å². The van der Waals surface area contributed by atoms with E-state index in [0.29, 0.717) is 11.1 Å². The van der Waals surface area contributed by atoms with Crippen LogP contribution in [0, 0.1) is 0 Å². The molecule has 0 spiro atoms. The Morgan fingerprint density at radius 3 is 1.17 bits per heavy atom. The van der Waals surface area contributed by atoms with Crippen molar-refractivity contribution in [3.05, 3.63) is 24.3 Å². The first kappa shape index (κ1) is 21.7. The number of esters is 2. The van der Waals surface area contributed by atoms with Crippen LogP contribution in [0.3, 0.4) is 0 Å². The Morgan fingerprint density at radius 2 is 1.00 bits per heavy atom. The molecule has 0 fully saturated rings. The molecule has 0 aromatic rings. The molecule has 0 aromatic heterocycles. The van der Waals surface area contributed by atoms with Crippen molar-refractivity contribution >= 4 is 11.9 Å². The highest BCUT2D eigenvalue weighted by atomic mass is 16.6. The van der Waals surface area contributed by atoms with Gasteiger partial charge in [0.2, 0.25) is 0 Å². The van der Waals surface area contributed by atoms with Crippen LogP contribution in [0.2, 0.25) is 0 Å². The third-order valence-electron chi connectivity index (χ3n) is 1.25. The molecule has 0 unspecified atom stereocenters. The zero-order valence-corrected chi connectivity index (χ0v) is 12.5. The highest BCUT2D eigenvalue weighted by Gasteiger charge is 2.05.